The first-order valence-corrected chi connectivity index (χ1v) is 4.76. The number of rotatable bonds is 5. The summed E-state index contributed by atoms with van der Waals surface area (Å²) in [4.78, 5) is 0. The van der Waals surface area contributed by atoms with Crippen molar-refractivity contribution in [2.75, 3.05) is 13.2 Å². The standard InChI is InChI=1S/C11H12F3NO2/c1-8(6-15)7-16-9-4-2-3-5-10(9)17-11(12,13)14/h2-5H,1,6-7,15H2. The molecule has 6 heteroatoms. The van der Waals surface area contributed by atoms with E-state index < -0.39 is 6.36 Å². The Morgan fingerprint density at radius 3 is 2.35 bits per heavy atom. The van der Waals surface area contributed by atoms with Crippen LogP contribution in [0.25, 0.3) is 0 Å². The Balaban J connectivity index is 2.74. The molecule has 0 radical (unpaired) electrons. The molecule has 0 fully saturated rings. The molecule has 0 saturated carbocycles. The van der Waals surface area contributed by atoms with Gasteiger partial charge in [-0.15, -0.1) is 13.2 Å². The summed E-state index contributed by atoms with van der Waals surface area (Å²) in [6.07, 6.45) is -4.75. The van der Waals surface area contributed by atoms with Crippen LogP contribution in [0, 0.1) is 0 Å². The van der Waals surface area contributed by atoms with Gasteiger partial charge in [0.15, 0.2) is 11.5 Å². The van der Waals surface area contributed by atoms with Crippen molar-refractivity contribution in [2.45, 2.75) is 6.36 Å². The largest absolute Gasteiger partial charge is 0.573 e. The van der Waals surface area contributed by atoms with E-state index in [1.54, 1.807) is 6.07 Å². The summed E-state index contributed by atoms with van der Waals surface area (Å²) < 4.78 is 45.2. The van der Waals surface area contributed by atoms with Crippen LogP contribution in [0.3, 0.4) is 0 Å². The van der Waals surface area contributed by atoms with Crippen LogP contribution in [0.4, 0.5) is 13.2 Å². The molecular formula is C11H12F3NO2. The molecule has 0 aromatic heterocycles. The molecule has 0 amide bonds. The fourth-order valence-corrected chi connectivity index (χ4v) is 1.02. The predicted molar refractivity (Wildman–Crippen MR) is 56.8 cm³/mol. The molecule has 94 valence electrons. The third-order valence-electron chi connectivity index (χ3n) is 1.80. The summed E-state index contributed by atoms with van der Waals surface area (Å²) in [7, 11) is 0. The summed E-state index contributed by atoms with van der Waals surface area (Å²) in [5.74, 6) is -0.385. The highest BCUT2D eigenvalue weighted by atomic mass is 19.4. The highest BCUT2D eigenvalue weighted by molar-refractivity contribution is 5.39. The lowest BCUT2D eigenvalue weighted by Gasteiger charge is -2.14. The highest BCUT2D eigenvalue weighted by Crippen LogP contribution is 2.31. The summed E-state index contributed by atoms with van der Waals surface area (Å²) in [5.41, 5.74) is 5.86. The molecule has 1 aromatic carbocycles. The Morgan fingerprint density at radius 1 is 1.24 bits per heavy atom. The third-order valence-corrected chi connectivity index (χ3v) is 1.80. The SMILES string of the molecule is C=C(CN)COc1ccccc1OC(F)(F)F. The number of hydrogen-bond acceptors (Lipinski definition) is 3. The number of ether oxygens (including phenoxy) is 2. The lowest BCUT2D eigenvalue weighted by molar-refractivity contribution is -0.275. The number of para-hydroxylation sites is 2. The zero-order chi connectivity index (χ0) is 12.9. The molecule has 0 saturated heterocycles. The first-order chi connectivity index (χ1) is 7.92. The van der Waals surface area contributed by atoms with Crippen LogP contribution in [0.2, 0.25) is 0 Å². The van der Waals surface area contributed by atoms with Crippen molar-refractivity contribution in [3.63, 3.8) is 0 Å². The molecule has 0 heterocycles. The number of halogens is 3. The second-order valence-corrected chi connectivity index (χ2v) is 3.24. The van der Waals surface area contributed by atoms with Crippen LogP contribution in [0.1, 0.15) is 0 Å². The summed E-state index contributed by atoms with van der Waals surface area (Å²) in [6, 6.07) is 5.52. The van der Waals surface area contributed by atoms with E-state index in [0.717, 1.165) is 0 Å². The lowest BCUT2D eigenvalue weighted by atomic mass is 10.3. The third kappa shape index (κ3) is 4.78. The summed E-state index contributed by atoms with van der Waals surface area (Å²) >= 11 is 0. The summed E-state index contributed by atoms with van der Waals surface area (Å²) in [6.45, 7) is 3.84. The van der Waals surface area contributed by atoms with E-state index in [0.29, 0.717) is 5.57 Å². The van der Waals surface area contributed by atoms with Crippen molar-refractivity contribution in [3.8, 4) is 11.5 Å². The van der Waals surface area contributed by atoms with Crippen LogP contribution in [0.15, 0.2) is 36.4 Å². The van der Waals surface area contributed by atoms with Crippen molar-refractivity contribution < 1.29 is 22.6 Å². The molecule has 2 N–H and O–H groups in total. The monoisotopic (exact) mass is 247 g/mol. The van der Waals surface area contributed by atoms with Gasteiger partial charge in [0, 0.05) is 6.54 Å². The normalized spacial score (nSPS) is 11.1. The minimum absolute atomic E-state index is 0.000532. The average Bonchev–Trinajstić information content (AvgIpc) is 2.25. The number of benzene rings is 1. The van der Waals surface area contributed by atoms with Gasteiger partial charge in [-0.25, -0.2) is 0 Å². The van der Waals surface area contributed by atoms with Gasteiger partial charge in [0.2, 0.25) is 0 Å². The maximum absolute atomic E-state index is 12.1. The van der Waals surface area contributed by atoms with Crippen LogP contribution in [0.5, 0.6) is 11.5 Å². The van der Waals surface area contributed by atoms with Crippen LogP contribution in [-0.4, -0.2) is 19.5 Å². The van der Waals surface area contributed by atoms with Gasteiger partial charge in [-0.3, -0.25) is 0 Å². The van der Waals surface area contributed by atoms with Gasteiger partial charge in [-0.05, 0) is 17.7 Å². The van der Waals surface area contributed by atoms with E-state index in [9.17, 15) is 13.2 Å². The fraction of sp³-hybridized carbons (Fsp3) is 0.273. The van der Waals surface area contributed by atoms with E-state index >= 15 is 0 Å². The number of nitrogens with two attached hydrogens (primary N) is 1. The van der Waals surface area contributed by atoms with E-state index in [4.69, 9.17) is 10.5 Å². The molecule has 0 aliphatic heterocycles. The highest BCUT2D eigenvalue weighted by Gasteiger charge is 2.32. The topological polar surface area (TPSA) is 44.5 Å². The maximum atomic E-state index is 12.1. The number of alkyl halides is 3. The fourth-order valence-electron chi connectivity index (χ4n) is 1.02. The van der Waals surface area contributed by atoms with Crippen molar-refractivity contribution in [1.82, 2.24) is 0 Å². The first kappa shape index (κ1) is 13.4. The van der Waals surface area contributed by atoms with Gasteiger partial charge < -0.3 is 15.2 Å². The lowest BCUT2D eigenvalue weighted by Crippen LogP contribution is -2.18. The van der Waals surface area contributed by atoms with Crippen LogP contribution in [-0.2, 0) is 0 Å². The molecule has 0 spiro atoms. The Morgan fingerprint density at radius 2 is 1.82 bits per heavy atom. The van der Waals surface area contributed by atoms with E-state index in [1.807, 2.05) is 0 Å². The second kappa shape index (κ2) is 5.58. The minimum atomic E-state index is -4.75. The molecule has 0 atom stereocenters. The predicted octanol–water partition coefficient (Wildman–Crippen LogP) is 2.48. The van der Waals surface area contributed by atoms with E-state index in [-0.39, 0.29) is 24.7 Å². The molecule has 0 aliphatic rings. The zero-order valence-electron chi connectivity index (χ0n) is 8.96. The van der Waals surface area contributed by atoms with Crippen molar-refractivity contribution in [2.24, 2.45) is 5.73 Å². The Kier molecular flexibility index (Phi) is 4.39. The molecule has 1 aromatic rings. The van der Waals surface area contributed by atoms with Gasteiger partial charge in [-0.2, -0.15) is 0 Å². The average molecular weight is 247 g/mol. The Bertz CT molecular complexity index is 391. The Hall–Kier alpha value is -1.69. The van der Waals surface area contributed by atoms with Crippen LogP contribution >= 0.6 is 0 Å². The van der Waals surface area contributed by atoms with Gasteiger partial charge in [0.1, 0.15) is 6.61 Å². The maximum Gasteiger partial charge on any atom is 0.573 e. The van der Waals surface area contributed by atoms with Gasteiger partial charge >= 0.3 is 6.36 Å². The smallest absolute Gasteiger partial charge is 0.485 e. The molecule has 0 unspecified atom stereocenters. The van der Waals surface area contributed by atoms with Crippen molar-refractivity contribution in [3.05, 3.63) is 36.4 Å². The quantitative estimate of drug-likeness (QED) is 0.813. The van der Waals surface area contributed by atoms with E-state index in [2.05, 4.69) is 11.3 Å². The van der Waals surface area contributed by atoms with Crippen molar-refractivity contribution >= 4 is 0 Å². The summed E-state index contributed by atoms with van der Waals surface area (Å²) in [5, 5.41) is 0. The minimum Gasteiger partial charge on any atom is -0.485 e. The Labute approximate surface area is 96.6 Å². The number of hydrogen-bond donors (Lipinski definition) is 1. The molecule has 0 bridgehead atoms. The first-order valence-electron chi connectivity index (χ1n) is 4.76. The second-order valence-electron chi connectivity index (χ2n) is 3.24. The van der Waals surface area contributed by atoms with E-state index in [1.165, 1.54) is 18.2 Å². The molecule has 3 nitrogen and oxygen atoms in total. The molecule has 1 rings (SSSR count). The molecular weight excluding hydrogens is 235 g/mol. The molecule has 0 aliphatic carbocycles. The molecule has 17 heavy (non-hydrogen) atoms. The van der Waals surface area contributed by atoms with Crippen molar-refractivity contribution in [1.29, 1.82) is 0 Å². The van der Waals surface area contributed by atoms with Gasteiger partial charge in [0.25, 0.3) is 0 Å². The zero-order valence-corrected chi connectivity index (χ0v) is 8.96. The van der Waals surface area contributed by atoms with Gasteiger partial charge in [0.05, 0.1) is 0 Å². The van der Waals surface area contributed by atoms with Gasteiger partial charge in [-0.1, -0.05) is 18.7 Å². The van der Waals surface area contributed by atoms with Crippen LogP contribution < -0.4 is 15.2 Å².